The van der Waals surface area contributed by atoms with Crippen LogP contribution in [0.5, 0.6) is 0 Å². The smallest absolute Gasteiger partial charge is 0.244 e. The lowest BCUT2D eigenvalue weighted by Crippen LogP contribution is -2.36. The van der Waals surface area contributed by atoms with Crippen LogP contribution in [0, 0.1) is 0 Å². The van der Waals surface area contributed by atoms with E-state index >= 15 is 0 Å². The van der Waals surface area contributed by atoms with E-state index in [0.29, 0.717) is 18.0 Å². The molecule has 0 aliphatic carbocycles. The average molecular weight is 288 g/mol. The van der Waals surface area contributed by atoms with Crippen molar-refractivity contribution >= 4 is 21.4 Å². The minimum absolute atomic E-state index is 0.0827. The van der Waals surface area contributed by atoms with Crippen LogP contribution in [0.4, 0.5) is 0 Å². The van der Waals surface area contributed by atoms with Crippen molar-refractivity contribution < 1.29 is 8.42 Å². The molecule has 0 unspecified atom stereocenters. The third kappa shape index (κ3) is 3.41. The lowest BCUT2D eigenvalue weighted by molar-refractivity contribution is 0.383. The Balaban J connectivity index is 3.05. The molecular weight excluding hydrogens is 268 g/mol. The zero-order valence-electron chi connectivity index (χ0n) is 11.0. The minimum Gasteiger partial charge on any atom is -0.315 e. The van der Waals surface area contributed by atoms with Crippen molar-refractivity contribution in [2.45, 2.75) is 31.3 Å². The highest BCUT2D eigenvalue weighted by Crippen LogP contribution is 2.24. The van der Waals surface area contributed by atoms with Crippen LogP contribution < -0.4 is 5.32 Å². The van der Waals surface area contributed by atoms with Crippen molar-refractivity contribution in [1.29, 1.82) is 0 Å². The normalized spacial score (nSPS) is 12.3. The molecule has 1 rings (SSSR count). The summed E-state index contributed by atoms with van der Waals surface area (Å²) in [6, 6.07) is 1.65. The van der Waals surface area contributed by atoms with Crippen molar-refractivity contribution in [1.82, 2.24) is 9.62 Å². The molecule has 0 fully saturated rings. The lowest BCUT2D eigenvalue weighted by atomic mass is 10.4. The van der Waals surface area contributed by atoms with Crippen LogP contribution in [0.15, 0.2) is 29.0 Å². The van der Waals surface area contributed by atoms with Gasteiger partial charge in [0.25, 0.3) is 0 Å². The van der Waals surface area contributed by atoms with Crippen molar-refractivity contribution in [2.24, 2.45) is 0 Å². The zero-order valence-corrected chi connectivity index (χ0v) is 12.6. The van der Waals surface area contributed by atoms with Crippen molar-refractivity contribution in [3.8, 4) is 0 Å². The van der Waals surface area contributed by atoms with Gasteiger partial charge in [0.2, 0.25) is 10.0 Å². The van der Waals surface area contributed by atoms with Crippen LogP contribution in [-0.2, 0) is 16.6 Å². The fraction of sp³-hybridized carbons (Fsp3) is 0.500. The fourth-order valence-electron chi connectivity index (χ4n) is 1.61. The van der Waals surface area contributed by atoms with Gasteiger partial charge in [-0.1, -0.05) is 6.08 Å². The molecule has 0 spiro atoms. The molecule has 0 atom stereocenters. The van der Waals surface area contributed by atoms with Gasteiger partial charge in [-0.25, -0.2) is 8.42 Å². The van der Waals surface area contributed by atoms with Crippen LogP contribution in [0.25, 0.3) is 0 Å². The summed E-state index contributed by atoms with van der Waals surface area (Å²) < 4.78 is 26.3. The first-order chi connectivity index (χ1) is 8.43. The standard InChI is InChI=1S/C12H20N2O2S2/c1-5-6-14(10(2)3)18(15,16)12-7-11(8-13-4)17-9-12/h5,7,9-10,13H,1,6,8H2,2-4H3. The second-order valence-corrected chi connectivity index (χ2v) is 7.12. The van der Waals surface area contributed by atoms with Crippen LogP contribution in [-0.4, -0.2) is 32.4 Å². The molecule has 1 heterocycles. The number of hydrogen-bond acceptors (Lipinski definition) is 4. The molecule has 0 saturated carbocycles. The van der Waals surface area contributed by atoms with Gasteiger partial charge in [0, 0.05) is 29.4 Å². The Morgan fingerprint density at radius 2 is 2.22 bits per heavy atom. The third-order valence-corrected chi connectivity index (χ3v) is 5.58. The van der Waals surface area contributed by atoms with E-state index in [1.807, 2.05) is 20.9 Å². The summed E-state index contributed by atoms with van der Waals surface area (Å²) in [6.07, 6.45) is 1.61. The predicted molar refractivity (Wildman–Crippen MR) is 76.3 cm³/mol. The Labute approximate surface area is 113 Å². The van der Waals surface area contributed by atoms with Crippen LogP contribution >= 0.6 is 11.3 Å². The molecule has 102 valence electrons. The van der Waals surface area contributed by atoms with Gasteiger partial charge in [-0.05, 0) is 27.0 Å². The number of sulfonamides is 1. The zero-order chi connectivity index (χ0) is 13.8. The average Bonchev–Trinajstić information content (AvgIpc) is 2.75. The molecule has 0 amide bonds. The molecule has 1 aromatic rings. The molecule has 1 aromatic heterocycles. The molecule has 0 saturated heterocycles. The molecule has 0 aromatic carbocycles. The maximum atomic E-state index is 12.4. The fourth-order valence-corrected chi connectivity index (χ4v) is 4.49. The van der Waals surface area contributed by atoms with E-state index in [-0.39, 0.29) is 6.04 Å². The molecule has 1 N–H and O–H groups in total. The molecule has 0 radical (unpaired) electrons. The van der Waals surface area contributed by atoms with Gasteiger partial charge in [0.15, 0.2) is 0 Å². The quantitative estimate of drug-likeness (QED) is 0.781. The summed E-state index contributed by atoms with van der Waals surface area (Å²) in [4.78, 5) is 1.38. The van der Waals surface area contributed by atoms with Gasteiger partial charge in [-0.15, -0.1) is 17.9 Å². The first-order valence-corrected chi connectivity index (χ1v) is 8.10. The largest absolute Gasteiger partial charge is 0.315 e. The second-order valence-electron chi connectivity index (χ2n) is 4.24. The molecule has 18 heavy (non-hydrogen) atoms. The maximum Gasteiger partial charge on any atom is 0.244 e. The Hall–Kier alpha value is -0.690. The topological polar surface area (TPSA) is 49.4 Å². The van der Waals surface area contributed by atoms with Crippen molar-refractivity contribution in [3.63, 3.8) is 0 Å². The number of nitrogens with zero attached hydrogens (tertiary/aromatic N) is 1. The Kier molecular flexibility index (Phi) is 5.52. The number of nitrogens with one attached hydrogen (secondary N) is 1. The first kappa shape index (κ1) is 15.4. The second kappa shape index (κ2) is 6.47. The first-order valence-electron chi connectivity index (χ1n) is 5.78. The third-order valence-electron chi connectivity index (χ3n) is 2.47. The summed E-state index contributed by atoms with van der Waals surface area (Å²) in [7, 11) is -1.58. The summed E-state index contributed by atoms with van der Waals surface area (Å²) >= 11 is 1.45. The highest BCUT2D eigenvalue weighted by atomic mass is 32.2. The summed E-state index contributed by atoms with van der Waals surface area (Å²) in [6.45, 7) is 8.35. The van der Waals surface area contributed by atoms with Gasteiger partial charge in [-0.3, -0.25) is 0 Å². The van der Waals surface area contributed by atoms with Gasteiger partial charge < -0.3 is 5.32 Å². The maximum absolute atomic E-state index is 12.4. The van der Waals surface area contributed by atoms with E-state index in [1.165, 1.54) is 15.6 Å². The van der Waals surface area contributed by atoms with E-state index in [1.54, 1.807) is 17.5 Å². The minimum atomic E-state index is -3.42. The van der Waals surface area contributed by atoms with E-state index in [9.17, 15) is 8.42 Å². The Bertz CT molecular complexity index is 492. The molecule has 0 aliphatic heterocycles. The van der Waals surface area contributed by atoms with Crippen molar-refractivity contribution in [3.05, 3.63) is 29.0 Å². The molecule has 0 bridgehead atoms. The predicted octanol–water partition coefficient (Wildman–Crippen LogP) is 2.05. The summed E-state index contributed by atoms with van der Waals surface area (Å²) in [5.74, 6) is 0. The number of thiophene rings is 1. The summed E-state index contributed by atoms with van der Waals surface area (Å²) in [5.41, 5.74) is 0. The molecule has 0 aliphatic rings. The van der Waals surface area contributed by atoms with Crippen LogP contribution in [0.3, 0.4) is 0 Å². The van der Waals surface area contributed by atoms with Gasteiger partial charge in [0.05, 0.1) is 4.90 Å². The van der Waals surface area contributed by atoms with E-state index in [4.69, 9.17) is 0 Å². The van der Waals surface area contributed by atoms with Crippen molar-refractivity contribution in [2.75, 3.05) is 13.6 Å². The monoisotopic (exact) mass is 288 g/mol. The Morgan fingerprint density at radius 3 is 2.72 bits per heavy atom. The van der Waals surface area contributed by atoms with Gasteiger partial charge in [-0.2, -0.15) is 4.31 Å². The highest BCUT2D eigenvalue weighted by Gasteiger charge is 2.26. The number of hydrogen-bond donors (Lipinski definition) is 1. The Morgan fingerprint density at radius 1 is 1.56 bits per heavy atom. The van der Waals surface area contributed by atoms with Crippen LogP contribution in [0.2, 0.25) is 0 Å². The van der Waals surface area contributed by atoms with Crippen LogP contribution in [0.1, 0.15) is 18.7 Å². The van der Waals surface area contributed by atoms with Gasteiger partial charge in [0.1, 0.15) is 0 Å². The number of rotatable bonds is 7. The van der Waals surface area contributed by atoms with E-state index in [2.05, 4.69) is 11.9 Å². The molecular formula is C12H20N2O2S2. The lowest BCUT2D eigenvalue weighted by Gasteiger charge is -2.23. The summed E-state index contributed by atoms with van der Waals surface area (Å²) in [5, 5.41) is 4.71. The molecule has 6 heteroatoms. The highest BCUT2D eigenvalue weighted by molar-refractivity contribution is 7.89. The SMILES string of the molecule is C=CCN(C(C)C)S(=O)(=O)c1csc(CNC)c1. The van der Waals surface area contributed by atoms with Gasteiger partial charge >= 0.3 is 0 Å². The van der Waals surface area contributed by atoms with E-state index < -0.39 is 10.0 Å². The van der Waals surface area contributed by atoms with E-state index in [0.717, 1.165) is 4.88 Å². The molecule has 4 nitrogen and oxygen atoms in total.